The first kappa shape index (κ1) is 22.2. The average molecular weight is 451 g/mol. The van der Waals surface area contributed by atoms with E-state index < -0.39 is 21.7 Å². The van der Waals surface area contributed by atoms with Gasteiger partial charge in [-0.05, 0) is 46.1 Å². The summed E-state index contributed by atoms with van der Waals surface area (Å²) in [7, 11) is -1.32. The van der Waals surface area contributed by atoms with Crippen molar-refractivity contribution in [2.45, 2.75) is 62.0 Å². The molecule has 31 heavy (non-hydrogen) atoms. The van der Waals surface area contributed by atoms with Gasteiger partial charge in [-0.1, -0.05) is 0 Å². The summed E-state index contributed by atoms with van der Waals surface area (Å²) in [5, 5.41) is 22.8. The van der Waals surface area contributed by atoms with E-state index in [2.05, 4.69) is 15.3 Å². The molecule has 0 bridgehead atoms. The van der Waals surface area contributed by atoms with E-state index in [-0.39, 0.29) is 22.7 Å². The highest BCUT2D eigenvalue weighted by atomic mass is 32.2. The van der Waals surface area contributed by atoms with Gasteiger partial charge in [0.25, 0.3) is 0 Å². The molecule has 170 valence electrons. The molecule has 11 heteroatoms. The van der Waals surface area contributed by atoms with E-state index in [1.807, 2.05) is 18.0 Å². The number of ether oxygens (including phenoxy) is 1. The number of rotatable bonds is 6. The van der Waals surface area contributed by atoms with E-state index >= 15 is 0 Å². The van der Waals surface area contributed by atoms with Gasteiger partial charge in [0.2, 0.25) is 21.9 Å². The van der Waals surface area contributed by atoms with Crippen LogP contribution in [0.1, 0.15) is 44.6 Å². The van der Waals surface area contributed by atoms with E-state index in [1.54, 1.807) is 11.2 Å². The van der Waals surface area contributed by atoms with Crippen LogP contribution in [0.3, 0.4) is 0 Å². The molecule has 3 aliphatic rings. The molecule has 4 rings (SSSR count). The van der Waals surface area contributed by atoms with Crippen LogP contribution in [-0.4, -0.2) is 88.9 Å². The van der Waals surface area contributed by atoms with Crippen molar-refractivity contribution >= 4 is 16.0 Å². The third kappa shape index (κ3) is 4.62. The number of aromatic nitrogens is 2. The molecule has 1 saturated carbocycles. The van der Waals surface area contributed by atoms with Gasteiger partial charge in [0, 0.05) is 32.2 Å². The number of piperidine rings is 1. The quantitative estimate of drug-likeness (QED) is 0.638. The van der Waals surface area contributed by atoms with Crippen LogP contribution in [0.15, 0.2) is 6.20 Å². The lowest BCUT2D eigenvalue weighted by molar-refractivity contribution is -0.0271. The van der Waals surface area contributed by atoms with Gasteiger partial charge in [0.15, 0.2) is 0 Å². The molecule has 0 radical (unpaired) electrons. The molecule has 0 aromatic carbocycles. The SMILES string of the molecule is CN1CC(S(=O)(=O)N2CCC(Nc3ncc(C#N)c(OC4CCCC4(C)O)n3)CC2)C1. The Morgan fingerprint density at radius 3 is 2.61 bits per heavy atom. The maximum Gasteiger partial charge on any atom is 0.236 e. The smallest absolute Gasteiger partial charge is 0.236 e. The van der Waals surface area contributed by atoms with Gasteiger partial charge in [0.05, 0.1) is 11.8 Å². The number of likely N-dealkylation sites (tertiary alicyclic amines) is 1. The highest BCUT2D eigenvalue weighted by molar-refractivity contribution is 7.89. The van der Waals surface area contributed by atoms with Crippen LogP contribution in [-0.2, 0) is 10.0 Å². The second-order valence-corrected chi connectivity index (χ2v) is 11.3. The molecule has 3 fully saturated rings. The molecular formula is C20H30N6O4S. The Bertz CT molecular complexity index is 949. The third-order valence-electron chi connectivity index (χ3n) is 6.57. The molecular weight excluding hydrogens is 420 g/mol. The maximum absolute atomic E-state index is 12.7. The standard InChI is InChI=1S/C20H30N6O4S/c1-20(27)7-3-4-17(20)30-18-14(10-21)11-22-19(24-18)23-15-5-8-26(9-6-15)31(28,29)16-12-25(2)13-16/h11,15-17,27H,3-9,12-13H2,1-2H3,(H,22,23,24). The van der Waals surface area contributed by atoms with Crippen molar-refractivity contribution in [3.63, 3.8) is 0 Å². The minimum atomic E-state index is -3.24. The normalized spacial score (nSPS) is 28.8. The van der Waals surface area contributed by atoms with Crippen LogP contribution in [0.5, 0.6) is 5.88 Å². The van der Waals surface area contributed by atoms with E-state index in [4.69, 9.17) is 4.74 Å². The fourth-order valence-electron chi connectivity index (χ4n) is 4.52. The Hall–Kier alpha value is -2.00. The fourth-order valence-corrected chi connectivity index (χ4v) is 6.55. The first-order valence-corrected chi connectivity index (χ1v) is 12.3. The number of nitrogens with one attached hydrogen (secondary N) is 1. The summed E-state index contributed by atoms with van der Waals surface area (Å²) in [6.07, 6.45) is 4.51. The molecule has 1 aromatic heterocycles. The zero-order valence-corrected chi connectivity index (χ0v) is 18.8. The number of aliphatic hydroxyl groups is 1. The van der Waals surface area contributed by atoms with Gasteiger partial charge in [-0.25, -0.2) is 17.7 Å². The number of anilines is 1. The minimum Gasteiger partial charge on any atom is -0.470 e. The number of sulfonamides is 1. The van der Waals surface area contributed by atoms with Gasteiger partial charge in [0.1, 0.15) is 23.0 Å². The first-order valence-electron chi connectivity index (χ1n) is 10.8. The molecule has 2 N–H and O–H groups in total. The van der Waals surface area contributed by atoms with Gasteiger partial charge in [-0.15, -0.1) is 0 Å². The van der Waals surface area contributed by atoms with Crippen molar-refractivity contribution in [1.29, 1.82) is 5.26 Å². The molecule has 1 aromatic rings. The zero-order chi connectivity index (χ0) is 22.2. The highest BCUT2D eigenvalue weighted by Crippen LogP contribution is 2.33. The Morgan fingerprint density at radius 2 is 2.03 bits per heavy atom. The summed E-state index contributed by atoms with van der Waals surface area (Å²) in [6, 6.07) is 2.07. The van der Waals surface area contributed by atoms with E-state index in [9.17, 15) is 18.8 Å². The monoisotopic (exact) mass is 450 g/mol. The van der Waals surface area contributed by atoms with E-state index in [0.29, 0.717) is 57.8 Å². The number of hydrogen-bond acceptors (Lipinski definition) is 9. The number of hydrogen-bond donors (Lipinski definition) is 2. The van der Waals surface area contributed by atoms with Crippen LogP contribution in [0.4, 0.5) is 5.95 Å². The summed E-state index contributed by atoms with van der Waals surface area (Å²) in [4.78, 5) is 10.6. The first-order chi connectivity index (χ1) is 14.7. The summed E-state index contributed by atoms with van der Waals surface area (Å²) >= 11 is 0. The van der Waals surface area contributed by atoms with Crippen LogP contribution in [0.2, 0.25) is 0 Å². The molecule has 2 aliphatic heterocycles. The molecule has 3 heterocycles. The second kappa shape index (κ2) is 8.50. The molecule has 2 unspecified atom stereocenters. The van der Waals surface area contributed by atoms with Crippen molar-refractivity contribution in [3.8, 4) is 11.9 Å². The Kier molecular flexibility index (Phi) is 6.09. The van der Waals surface area contributed by atoms with Crippen molar-refractivity contribution in [3.05, 3.63) is 11.8 Å². The topological polar surface area (TPSA) is 132 Å². The van der Waals surface area contributed by atoms with E-state index in [1.165, 1.54) is 6.20 Å². The summed E-state index contributed by atoms with van der Waals surface area (Å²) in [5.41, 5.74) is -0.724. The minimum absolute atomic E-state index is 0.0332. The van der Waals surface area contributed by atoms with Crippen LogP contribution >= 0.6 is 0 Å². The molecule has 1 aliphatic carbocycles. The number of nitriles is 1. The molecule has 0 amide bonds. The van der Waals surface area contributed by atoms with Crippen LogP contribution in [0.25, 0.3) is 0 Å². The lowest BCUT2D eigenvalue weighted by Gasteiger charge is -2.40. The molecule has 10 nitrogen and oxygen atoms in total. The van der Waals surface area contributed by atoms with Crippen LogP contribution < -0.4 is 10.1 Å². The van der Waals surface area contributed by atoms with E-state index in [0.717, 1.165) is 6.42 Å². The fraction of sp³-hybridized carbons (Fsp3) is 0.750. The lowest BCUT2D eigenvalue weighted by Crippen LogP contribution is -2.58. The average Bonchev–Trinajstić information content (AvgIpc) is 3.04. The van der Waals surface area contributed by atoms with Crippen LogP contribution in [0, 0.1) is 11.3 Å². The zero-order valence-electron chi connectivity index (χ0n) is 18.0. The predicted molar refractivity (Wildman–Crippen MR) is 114 cm³/mol. The molecule has 2 atom stereocenters. The predicted octanol–water partition coefficient (Wildman–Crippen LogP) is 0.551. The van der Waals surface area contributed by atoms with Gasteiger partial charge in [-0.2, -0.15) is 10.2 Å². The van der Waals surface area contributed by atoms with Gasteiger partial charge < -0.3 is 20.1 Å². The van der Waals surface area contributed by atoms with Gasteiger partial charge in [-0.3, -0.25) is 0 Å². The Morgan fingerprint density at radius 1 is 1.32 bits per heavy atom. The summed E-state index contributed by atoms with van der Waals surface area (Å²) < 4.78 is 32.9. The van der Waals surface area contributed by atoms with Crippen molar-refractivity contribution in [1.82, 2.24) is 19.2 Å². The maximum atomic E-state index is 12.7. The lowest BCUT2D eigenvalue weighted by atomic mass is 10.0. The highest BCUT2D eigenvalue weighted by Gasteiger charge is 2.41. The summed E-state index contributed by atoms with van der Waals surface area (Å²) in [6.45, 7) is 3.85. The Balaban J connectivity index is 1.37. The van der Waals surface area contributed by atoms with Crippen molar-refractivity contribution < 1.29 is 18.3 Å². The van der Waals surface area contributed by atoms with Crippen molar-refractivity contribution in [2.75, 3.05) is 38.5 Å². The molecule has 0 spiro atoms. The third-order valence-corrected chi connectivity index (χ3v) is 8.80. The molecule has 2 saturated heterocycles. The number of nitrogens with zero attached hydrogens (tertiary/aromatic N) is 5. The van der Waals surface area contributed by atoms with Gasteiger partial charge >= 0.3 is 0 Å². The Labute approximate surface area is 183 Å². The summed E-state index contributed by atoms with van der Waals surface area (Å²) in [5.74, 6) is 0.509. The largest absolute Gasteiger partial charge is 0.470 e. The second-order valence-electron chi connectivity index (χ2n) is 9.09. The van der Waals surface area contributed by atoms with Crippen molar-refractivity contribution in [2.24, 2.45) is 0 Å².